The van der Waals surface area contributed by atoms with Gasteiger partial charge in [-0.05, 0) is 54.7 Å². The minimum Gasteiger partial charge on any atom is -0.351 e. The van der Waals surface area contributed by atoms with Crippen LogP contribution in [0.4, 0.5) is 5.69 Å². The maximum absolute atomic E-state index is 13.1. The van der Waals surface area contributed by atoms with Crippen LogP contribution in [-0.2, 0) is 17.8 Å². The molecular formula is C27H28N2O2. The number of amides is 2. The van der Waals surface area contributed by atoms with Gasteiger partial charge in [-0.25, -0.2) is 0 Å². The normalized spacial score (nSPS) is 15.9. The van der Waals surface area contributed by atoms with Gasteiger partial charge >= 0.3 is 0 Å². The van der Waals surface area contributed by atoms with E-state index >= 15 is 0 Å². The third-order valence-corrected chi connectivity index (χ3v) is 6.00. The predicted octanol–water partition coefficient (Wildman–Crippen LogP) is 5.09. The fraction of sp³-hybridized carbons (Fsp3) is 0.259. The van der Waals surface area contributed by atoms with E-state index in [0.29, 0.717) is 12.1 Å². The number of nitrogens with zero attached hydrogens (tertiary/aromatic N) is 1. The molecule has 1 heterocycles. The van der Waals surface area contributed by atoms with Crippen molar-refractivity contribution in [3.63, 3.8) is 0 Å². The van der Waals surface area contributed by atoms with E-state index in [9.17, 15) is 9.59 Å². The van der Waals surface area contributed by atoms with Crippen LogP contribution in [0.1, 0.15) is 53.2 Å². The van der Waals surface area contributed by atoms with Crippen LogP contribution < -0.4 is 10.2 Å². The van der Waals surface area contributed by atoms with Crippen molar-refractivity contribution in [2.24, 2.45) is 0 Å². The summed E-state index contributed by atoms with van der Waals surface area (Å²) in [5.41, 5.74) is 4.83. The standard InChI is InChI=1S/C27H28N2O2/c1-3-24(21-10-6-4-7-11-21)26(30)28-18-20-14-15-23-16-19(2)29(25(23)17-20)27(31)22-12-8-5-9-13-22/h4-15,17,19,24H,3,16,18H2,1-2H3,(H,28,30)/t19-,24-/m0/s1. The number of benzene rings is 3. The summed E-state index contributed by atoms with van der Waals surface area (Å²) in [6.07, 6.45) is 1.59. The molecule has 1 aliphatic heterocycles. The van der Waals surface area contributed by atoms with Crippen molar-refractivity contribution in [1.29, 1.82) is 0 Å². The van der Waals surface area contributed by atoms with Gasteiger partial charge in [0.2, 0.25) is 5.91 Å². The van der Waals surface area contributed by atoms with Gasteiger partial charge in [0.25, 0.3) is 5.91 Å². The lowest BCUT2D eigenvalue weighted by Gasteiger charge is -2.23. The molecule has 31 heavy (non-hydrogen) atoms. The van der Waals surface area contributed by atoms with Crippen LogP contribution in [0.2, 0.25) is 0 Å². The minimum absolute atomic E-state index is 0.0168. The number of nitrogens with one attached hydrogen (secondary N) is 1. The first-order valence-electron chi connectivity index (χ1n) is 10.9. The first-order chi connectivity index (χ1) is 15.1. The Morgan fingerprint density at radius 2 is 1.68 bits per heavy atom. The van der Waals surface area contributed by atoms with Crippen LogP contribution in [0.25, 0.3) is 0 Å². The molecule has 0 saturated heterocycles. The minimum atomic E-state index is -0.160. The monoisotopic (exact) mass is 412 g/mol. The van der Waals surface area contributed by atoms with E-state index in [0.717, 1.165) is 29.7 Å². The van der Waals surface area contributed by atoms with Crippen LogP contribution in [0.5, 0.6) is 0 Å². The zero-order valence-corrected chi connectivity index (χ0v) is 18.0. The van der Waals surface area contributed by atoms with Crippen molar-refractivity contribution in [3.8, 4) is 0 Å². The molecule has 2 amide bonds. The molecule has 1 aliphatic rings. The molecule has 0 radical (unpaired) electrons. The molecule has 4 nitrogen and oxygen atoms in total. The molecule has 0 aromatic heterocycles. The van der Waals surface area contributed by atoms with E-state index in [2.05, 4.69) is 18.3 Å². The summed E-state index contributed by atoms with van der Waals surface area (Å²) in [5, 5.41) is 3.08. The quantitative estimate of drug-likeness (QED) is 0.613. The largest absolute Gasteiger partial charge is 0.351 e. The molecule has 0 spiro atoms. The summed E-state index contributed by atoms with van der Waals surface area (Å²) in [5.74, 6) is -0.116. The molecule has 0 bridgehead atoms. The van der Waals surface area contributed by atoms with Gasteiger partial charge in [0.1, 0.15) is 0 Å². The molecule has 0 saturated carbocycles. The lowest BCUT2D eigenvalue weighted by Crippen LogP contribution is -2.35. The van der Waals surface area contributed by atoms with Gasteiger partial charge in [-0.2, -0.15) is 0 Å². The number of carbonyl (C=O) groups excluding carboxylic acids is 2. The van der Waals surface area contributed by atoms with E-state index in [4.69, 9.17) is 0 Å². The van der Waals surface area contributed by atoms with Crippen molar-refractivity contribution < 1.29 is 9.59 Å². The summed E-state index contributed by atoms with van der Waals surface area (Å²) in [7, 11) is 0. The topological polar surface area (TPSA) is 49.4 Å². The Labute approximate surface area is 183 Å². The van der Waals surface area contributed by atoms with E-state index in [1.165, 1.54) is 5.56 Å². The van der Waals surface area contributed by atoms with E-state index in [1.807, 2.05) is 84.6 Å². The maximum atomic E-state index is 13.1. The Bertz CT molecular complexity index is 1060. The molecule has 1 N–H and O–H groups in total. The van der Waals surface area contributed by atoms with Crippen LogP contribution >= 0.6 is 0 Å². The van der Waals surface area contributed by atoms with Gasteiger partial charge in [0.05, 0.1) is 5.92 Å². The van der Waals surface area contributed by atoms with Crippen molar-refractivity contribution >= 4 is 17.5 Å². The van der Waals surface area contributed by atoms with Crippen LogP contribution in [0.3, 0.4) is 0 Å². The van der Waals surface area contributed by atoms with Crippen molar-refractivity contribution in [1.82, 2.24) is 5.32 Å². The number of hydrogen-bond acceptors (Lipinski definition) is 2. The first-order valence-corrected chi connectivity index (χ1v) is 10.9. The van der Waals surface area contributed by atoms with E-state index < -0.39 is 0 Å². The molecule has 4 heteroatoms. The lowest BCUT2D eigenvalue weighted by molar-refractivity contribution is -0.122. The highest BCUT2D eigenvalue weighted by molar-refractivity contribution is 6.07. The smallest absolute Gasteiger partial charge is 0.258 e. The summed E-state index contributed by atoms with van der Waals surface area (Å²) < 4.78 is 0. The van der Waals surface area contributed by atoms with Gasteiger partial charge in [-0.15, -0.1) is 0 Å². The highest BCUT2D eigenvalue weighted by Crippen LogP contribution is 2.34. The Kier molecular flexibility index (Phi) is 6.17. The number of fused-ring (bicyclic) bond motifs is 1. The third-order valence-electron chi connectivity index (χ3n) is 6.00. The molecule has 2 atom stereocenters. The SMILES string of the molecule is CC[C@H](C(=O)NCc1ccc2c(c1)N(C(=O)c1ccccc1)[C@@H](C)C2)c1ccccc1. The molecule has 3 aromatic rings. The van der Waals surface area contributed by atoms with Crippen LogP contribution in [0.15, 0.2) is 78.9 Å². The molecule has 158 valence electrons. The molecule has 4 rings (SSSR count). The average molecular weight is 413 g/mol. The second-order valence-corrected chi connectivity index (χ2v) is 8.15. The fourth-order valence-corrected chi connectivity index (χ4v) is 4.36. The summed E-state index contributed by atoms with van der Waals surface area (Å²) >= 11 is 0. The van der Waals surface area contributed by atoms with E-state index in [-0.39, 0.29) is 23.8 Å². The van der Waals surface area contributed by atoms with Gasteiger partial charge in [0, 0.05) is 23.8 Å². The molecular weight excluding hydrogens is 384 g/mol. The number of hydrogen-bond donors (Lipinski definition) is 1. The van der Waals surface area contributed by atoms with Crippen molar-refractivity contribution in [2.75, 3.05) is 4.90 Å². The molecule has 0 unspecified atom stereocenters. The summed E-state index contributed by atoms with van der Waals surface area (Å²) in [6, 6.07) is 25.6. The molecule has 3 aromatic carbocycles. The molecule has 0 fully saturated rings. The number of rotatable bonds is 6. The van der Waals surface area contributed by atoms with Gasteiger partial charge < -0.3 is 10.2 Å². The Balaban J connectivity index is 1.50. The fourth-order valence-electron chi connectivity index (χ4n) is 4.36. The summed E-state index contributed by atoms with van der Waals surface area (Å²) in [6.45, 7) is 4.55. The van der Waals surface area contributed by atoms with Crippen LogP contribution in [0, 0.1) is 0 Å². The average Bonchev–Trinajstić information content (AvgIpc) is 3.14. The zero-order valence-electron chi connectivity index (χ0n) is 18.0. The Morgan fingerprint density at radius 3 is 2.35 bits per heavy atom. The van der Waals surface area contributed by atoms with Gasteiger partial charge in [0.15, 0.2) is 0 Å². The first kappa shape index (κ1) is 20.9. The van der Waals surface area contributed by atoms with Gasteiger partial charge in [-0.3, -0.25) is 9.59 Å². The van der Waals surface area contributed by atoms with Gasteiger partial charge in [-0.1, -0.05) is 67.6 Å². The maximum Gasteiger partial charge on any atom is 0.258 e. The van der Waals surface area contributed by atoms with Crippen molar-refractivity contribution in [2.45, 2.75) is 45.2 Å². The van der Waals surface area contributed by atoms with Crippen molar-refractivity contribution in [3.05, 3.63) is 101 Å². The zero-order chi connectivity index (χ0) is 21.8. The second kappa shape index (κ2) is 9.17. The second-order valence-electron chi connectivity index (χ2n) is 8.15. The third kappa shape index (κ3) is 4.38. The Morgan fingerprint density at radius 1 is 1.00 bits per heavy atom. The highest BCUT2D eigenvalue weighted by Gasteiger charge is 2.31. The highest BCUT2D eigenvalue weighted by atomic mass is 16.2. The van der Waals surface area contributed by atoms with E-state index in [1.54, 1.807) is 0 Å². The lowest BCUT2D eigenvalue weighted by atomic mass is 9.95. The van der Waals surface area contributed by atoms with Crippen LogP contribution in [-0.4, -0.2) is 17.9 Å². The summed E-state index contributed by atoms with van der Waals surface area (Å²) in [4.78, 5) is 27.8. The Hall–Kier alpha value is -3.40. The molecule has 0 aliphatic carbocycles. The number of anilines is 1. The predicted molar refractivity (Wildman–Crippen MR) is 124 cm³/mol. The number of carbonyl (C=O) groups is 2.